The second kappa shape index (κ2) is 10.6. The van der Waals surface area contributed by atoms with Crippen molar-refractivity contribution in [2.45, 2.75) is 38.5 Å². The van der Waals surface area contributed by atoms with E-state index in [0.29, 0.717) is 36.6 Å². The molecule has 2 aromatic rings. The first-order chi connectivity index (χ1) is 15.6. The number of rotatable bonds is 6. The van der Waals surface area contributed by atoms with Crippen molar-refractivity contribution in [1.82, 2.24) is 9.80 Å². The zero-order chi connectivity index (χ0) is 22.3. The lowest BCUT2D eigenvalue weighted by Crippen LogP contribution is -2.42. The average molecular weight is 439 g/mol. The Morgan fingerprint density at radius 2 is 1.72 bits per heavy atom. The van der Waals surface area contributed by atoms with Gasteiger partial charge in [0.15, 0.2) is 0 Å². The summed E-state index contributed by atoms with van der Waals surface area (Å²) in [4.78, 5) is 29.2. The first-order valence-corrected chi connectivity index (χ1v) is 11.6. The van der Waals surface area contributed by atoms with Crippen molar-refractivity contribution in [1.29, 1.82) is 0 Å². The Morgan fingerprint density at radius 1 is 0.938 bits per heavy atom. The molecule has 0 bridgehead atoms. The van der Waals surface area contributed by atoms with Gasteiger partial charge in [-0.2, -0.15) is 0 Å². The van der Waals surface area contributed by atoms with Crippen molar-refractivity contribution in [3.63, 3.8) is 0 Å². The fourth-order valence-corrected chi connectivity index (χ4v) is 4.56. The molecule has 2 heterocycles. The van der Waals surface area contributed by atoms with Crippen molar-refractivity contribution in [2.75, 3.05) is 32.8 Å². The summed E-state index contributed by atoms with van der Waals surface area (Å²) in [5.74, 6) is 0.584. The zero-order valence-electron chi connectivity index (χ0n) is 18.5. The number of nitrogens with zero attached hydrogens (tertiary/aromatic N) is 2. The van der Waals surface area contributed by atoms with E-state index in [2.05, 4.69) is 0 Å². The van der Waals surface area contributed by atoms with Gasteiger partial charge in [0.05, 0.1) is 13.0 Å². The molecule has 4 rings (SSSR count). The number of amides is 2. The normalized spacial score (nSPS) is 19.0. The minimum Gasteiger partial charge on any atom is -0.493 e. The largest absolute Gasteiger partial charge is 0.493 e. The third-order valence-corrected chi connectivity index (χ3v) is 6.38. The minimum atomic E-state index is -0.336. The number of hydrogen-bond acceptors (Lipinski definition) is 3. The summed E-state index contributed by atoms with van der Waals surface area (Å²) in [5, 5.41) is 0. The average Bonchev–Trinajstić information content (AvgIpc) is 2.84. The molecule has 2 saturated heterocycles. The lowest BCUT2D eigenvalue weighted by molar-refractivity contribution is -0.132. The molecule has 0 aromatic heterocycles. The van der Waals surface area contributed by atoms with Gasteiger partial charge in [-0.25, -0.2) is 4.39 Å². The minimum absolute atomic E-state index is 0.0473. The molecule has 0 saturated carbocycles. The van der Waals surface area contributed by atoms with Crippen molar-refractivity contribution in [3.8, 4) is 5.75 Å². The summed E-state index contributed by atoms with van der Waals surface area (Å²) < 4.78 is 19.9. The summed E-state index contributed by atoms with van der Waals surface area (Å²) in [5.41, 5.74) is 1.10. The van der Waals surface area contributed by atoms with E-state index >= 15 is 0 Å². The lowest BCUT2D eigenvalue weighted by Gasteiger charge is -2.33. The predicted octanol–water partition coefficient (Wildman–Crippen LogP) is 4.31. The number of carbonyl (C=O) groups excluding carboxylic acids is 2. The second-order valence-corrected chi connectivity index (χ2v) is 8.81. The highest BCUT2D eigenvalue weighted by molar-refractivity contribution is 5.94. The smallest absolute Gasteiger partial charge is 0.253 e. The van der Waals surface area contributed by atoms with Crippen LogP contribution < -0.4 is 4.74 Å². The van der Waals surface area contributed by atoms with E-state index < -0.39 is 0 Å². The number of carbonyl (C=O) groups is 2. The van der Waals surface area contributed by atoms with Gasteiger partial charge in [-0.05, 0) is 61.9 Å². The van der Waals surface area contributed by atoms with Crippen molar-refractivity contribution in [2.24, 2.45) is 5.92 Å². The van der Waals surface area contributed by atoms with Crippen LogP contribution in [0.15, 0.2) is 48.5 Å². The first kappa shape index (κ1) is 22.3. The van der Waals surface area contributed by atoms with E-state index in [4.69, 9.17) is 4.74 Å². The fourth-order valence-electron chi connectivity index (χ4n) is 4.56. The van der Waals surface area contributed by atoms with Gasteiger partial charge >= 0.3 is 0 Å². The maximum atomic E-state index is 13.9. The highest BCUT2D eigenvalue weighted by Gasteiger charge is 2.25. The van der Waals surface area contributed by atoms with E-state index in [0.717, 1.165) is 38.8 Å². The first-order valence-electron chi connectivity index (χ1n) is 11.6. The van der Waals surface area contributed by atoms with Gasteiger partial charge in [0.2, 0.25) is 5.91 Å². The van der Waals surface area contributed by atoms with E-state index in [-0.39, 0.29) is 30.0 Å². The molecule has 2 amide bonds. The molecule has 0 spiro atoms. The number of piperidine rings is 2. The van der Waals surface area contributed by atoms with Crippen LogP contribution in [0.1, 0.15) is 48.0 Å². The Bertz CT molecular complexity index is 942. The van der Waals surface area contributed by atoms with E-state index in [1.165, 1.54) is 12.5 Å². The standard InChI is InChI=1S/C26H31FN2O3/c27-24-12-3-2-9-21(24)17-25(30)29-15-7-8-20(18-29)19-32-23-11-6-10-22(16-23)26(31)28-13-4-1-5-14-28/h2-3,6,9-12,16,20H,1,4-5,7-8,13-15,17-19H2/t20-/m1/s1. The van der Waals surface area contributed by atoms with Gasteiger partial charge in [0.1, 0.15) is 11.6 Å². The Labute approximate surface area is 189 Å². The SMILES string of the molecule is O=C(Cc1ccccc1F)N1CCC[C@@H](COc2cccc(C(=O)N3CCCCC3)c2)C1. The number of ether oxygens (including phenoxy) is 1. The van der Waals surface area contributed by atoms with Crippen LogP contribution in [0.3, 0.4) is 0 Å². The van der Waals surface area contributed by atoms with Crippen LogP contribution in [0.4, 0.5) is 4.39 Å². The molecular formula is C26H31FN2O3. The Balaban J connectivity index is 1.30. The van der Waals surface area contributed by atoms with Gasteiger partial charge in [-0.3, -0.25) is 9.59 Å². The maximum absolute atomic E-state index is 13.9. The quantitative estimate of drug-likeness (QED) is 0.675. The van der Waals surface area contributed by atoms with E-state index in [1.807, 2.05) is 34.1 Å². The number of hydrogen-bond donors (Lipinski definition) is 0. The van der Waals surface area contributed by atoms with Gasteiger partial charge in [0.25, 0.3) is 5.91 Å². The Morgan fingerprint density at radius 3 is 2.53 bits per heavy atom. The molecule has 0 radical (unpaired) electrons. The molecule has 2 fully saturated rings. The topological polar surface area (TPSA) is 49.9 Å². The van der Waals surface area contributed by atoms with Crippen LogP contribution in [0, 0.1) is 11.7 Å². The van der Waals surface area contributed by atoms with Gasteiger partial charge < -0.3 is 14.5 Å². The molecule has 2 aliphatic rings. The Kier molecular flexibility index (Phi) is 7.40. The highest BCUT2D eigenvalue weighted by Crippen LogP contribution is 2.22. The monoisotopic (exact) mass is 438 g/mol. The van der Waals surface area contributed by atoms with Gasteiger partial charge in [-0.15, -0.1) is 0 Å². The zero-order valence-corrected chi connectivity index (χ0v) is 18.5. The van der Waals surface area contributed by atoms with Crippen LogP contribution in [-0.2, 0) is 11.2 Å². The fraction of sp³-hybridized carbons (Fsp3) is 0.462. The van der Waals surface area contributed by atoms with Crippen molar-refractivity contribution < 1.29 is 18.7 Å². The predicted molar refractivity (Wildman–Crippen MR) is 121 cm³/mol. The molecule has 32 heavy (non-hydrogen) atoms. The molecule has 2 aliphatic heterocycles. The second-order valence-electron chi connectivity index (χ2n) is 8.81. The number of benzene rings is 2. The van der Waals surface area contributed by atoms with Crippen LogP contribution in [0.5, 0.6) is 5.75 Å². The van der Waals surface area contributed by atoms with Crippen LogP contribution in [-0.4, -0.2) is 54.4 Å². The van der Waals surface area contributed by atoms with Gasteiger partial charge in [0, 0.05) is 37.7 Å². The number of halogens is 1. The van der Waals surface area contributed by atoms with Crippen LogP contribution >= 0.6 is 0 Å². The summed E-state index contributed by atoms with van der Waals surface area (Å²) in [6.45, 7) is 3.44. The summed E-state index contributed by atoms with van der Waals surface area (Å²) >= 11 is 0. The molecule has 5 nitrogen and oxygen atoms in total. The van der Waals surface area contributed by atoms with Crippen LogP contribution in [0.25, 0.3) is 0 Å². The summed E-state index contributed by atoms with van der Waals surface area (Å²) in [6, 6.07) is 13.8. The molecule has 0 aliphatic carbocycles. The van der Waals surface area contributed by atoms with E-state index in [9.17, 15) is 14.0 Å². The van der Waals surface area contributed by atoms with E-state index in [1.54, 1.807) is 18.2 Å². The van der Waals surface area contributed by atoms with Crippen molar-refractivity contribution >= 4 is 11.8 Å². The van der Waals surface area contributed by atoms with Crippen LogP contribution in [0.2, 0.25) is 0 Å². The highest BCUT2D eigenvalue weighted by atomic mass is 19.1. The summed E-state index contributed by atoms with van der Waals surface area (Å²) in [7, 11) is 0. The molecule has 0 unspecified atom stereocenters. The molecule has 0 N–H and O–H groups in total. The molecule has 2 aromatic carbocycles. The Hall–Kier alpha value is -2.89. The lowest BCUT2D eigenvalue weighted by atomic mass is 9.98. The molecular weight excluding hydrogens is 407 g/mol. The summed E-state index contributed by atoms with van der Waals surface area (Å²) in [6.07, 6.45) is 5.29. The molecule has 1 atom stereocenters. The molecule has 6 heteroatoms. The maximum Gasteiger partial charge on any atom is 0.253 e. The number of likely N-dealkylation sites (tertiary alicyclic amines) is 2. The van der Waals surface area contributed by atoms with Crippen molar-refractivity contribution in [3.05, 3.63) is 65.5 Å². The third-order valence-electron chi connectivity index (χ3n) is 6.38. The van der Waals surface area contributed by atoms with Gasteiger partial charge in [-0.1, -0.05) is 24.3 Å². The third kappa shape index (κ3) is 5.67. The molecule has 170 valence electrons.